The molecule has 0 aromatic heterocycles. The van der Waals surface area contributed by atoms with Crippen LogP contribution in [0.15, 0.2) is 48.5 Å². The Labute approximate surface area is 178 Å². The summed E-state index contributed by atoms with van der Waals surface area (Å²) in [5, 5.41) is 6.07. The molecule has 0 aliphatic carbocycles. The molecule has 1 amide bonds. The van der Waals surface area contributed by atoms with E-state index in [0.717, 1.165) is 18.0 Å². The first-order valence-electron chi connectivity index (χ1n) is 10.2. The maximum Gasteiger partial charge on any atom is 0.257 e. The predicted molar refractivity (Wildman–Crippen MR) is 123 cm³/mol. The van der Waals surface area contributed by atoms with Crippen molar-refractivity contribution in [2.24, 2.45) is 0 Å². The van der Waals surface area contributed by atoms with Crippen molar-refractivity contribution in [3.63, 3.8) is 0 Å². The Balaban J connectivity index is 1.54. The smallest absolute Gasteiger partial charge is 0.257 e. The van der Waals surface area contributed by atoms with Crippen LogP contribution in [-0.2, 0) is 0 Å². The average molecular weight is 412 g/mol. The first-order valence-corrected chi connectivity index (χ1v) is 10.6. The van der Waals surface area contributed by atoms with Gasteiger partial charge in [-0.2, -0.15) is 0 Å². The molecule has 29 heavy (non-hydrogen) atoms. The molecule has 1 fully saturated rings. The minimum absolute atomic E-state index is 0.0935. The number of amides is 1. The number of anilines is 2. The summed E-state index contributed by atoms with van der Waals surface area (Å²) in [6, 6.07) is 15.8. The lowest BCUT2D eigenvalue weighted by Gasteiger charge is -2.35. The fourth-order valence-electron chi connectivity index (χ4n) is 3.51. The topological polar surface area (TPSA) is 53.6 Å². The van der Waals surface area contributed by atoms with E-state index in [9.17, 15) is 4.79 Å². The van der Waals surface area contributed by atoms with Gasteiger partial charge in [-0.3, -0.25) is 10.1 Å². The molecule has 3 rings (SSSR count). The van der Waals surface area contributed by atoms with Crippen molar-refractivity contribution in [3.05, 3.63) is 54.1 Å². The fraction of sp³-hybridized carbons (Fsp3) is 0.391. The van der Waals surface area contributed by atoms with Crippen molar-refractivity contribution in [1.82, 2.24) is 5.32 Å². The van der Waals surface area contributed by atoms with Crippen molar-refractivity contribution in [2.75, 3.05) is 16.8 Å². The summed E-state index contributed by atoms with van der Waals surface area (Å²) in [6.45, 7) is 7.30. The highest BCUT2D eigenvalue weighted by molar-refractivity contribution is 7.80. The summed E-state index contributed by atoms with van der Waals surface area (Å²) in [6.07, 6.45) is 3.88. The summed E-state index contributed by atoms with van der Waals surface area (Å²) >= 11 is 5.29. The van der Waals surface area contributed by atoms with E-state index in [2.05, 4.69) is 34.6 Å². The molecule has 5 nitrogen and oxygen atoms in total. The van der Waals surface area contributed by atoms with Crippen LogP contribution in [0, 0.1) is 0 Å². The molecule has 0 radical (unpaired) electrons. The van der Waals surface area contributed by atoms with Gasteiger partial charge in [0.15, 0.2) is 5.11 Å². The molecule has 2 N–H and O–H groups in total. The number of benzene rings is 2. The molecule has 6 heteroatoms. The third-order valence-electron chi connectivity index (χ3n) is 4.98. The van der Waals surface area contributed by atoms with Crippen LogP contribution in [0.1, 0.15) is 50.4 Å². The highest BCUT2D eigenvalue weighted by Gasteiger charge is 2.18. The second-order valence-corrected chi connectivity index (χ2v) is 8.09. The Kier molecular flexibility index (Phi) is 7.09. The molecule has 1 atom stereocenters. The first kappa shape index (κ1) is 21.1. The number of nitrogens with one attached hydrogen (secondary N) is 2. The van der Waals surface area contributed by atoms with Crippen LogP contribution >= 0.6 is 12.2 Å². The Morgan fingerprint density at radius 3 is 2.41 bits per heavy atom. The van der Waals surface area contributed by atoms with Crippen LogP contribution in [0.3, 0.4) is 0 Å². The highest BCUT2D eigenvalue weighted by Crippen LogP contribution is 2.25. The van der Waals surface area contributed by atoms with Crippen molar-refractivity contribution >= 4 is 34.6 Å². The van der Waals surface area contributed by atoms with Gasteiger partial charge in [-0.15, -0.1) is 0 Å². The van der Waals surface area contributed by atoms with Gasteiger partial charge in [0.2, 0.25) is 0 Å². The summed E-state index contributed by atoms with van der Waals surface area (Å²) < 4.78 is 5.60. The van der Waals surface area contributed by atoms with Gasteiger partial charge in [-0.25, -0.2) is 0 Å². The number of hydrogen-bond donors (Lipinski definition) is 2. The molecule has 1 saturated heterocycles. The second-order valence-electron chi connectivity index (χ2n) is 7.68. The molecule has 0 spiro atoms. The minimum atomic E-state index is -0.252. The predicted octanol–water partition coefficient (Wildman–Crippen LogP) is 4.98. The standard InChI is InChI=1S/C23H29N3O2S/c1-16(2)28-21-13-7-18(8-14-21)22(27)25-23(29)24-19-9-11-20(12-10-19)26-15-5-4-6-17(26)3/h7-14,16-17H,4-6,15H2,1-3H3,(H2,24,25,27,29)/t17-/m1/s1. The molecule has 0 bridgehead atoms. The summed E-state index contributed by atoms with van der Waals surface area (Å²) in [5.41, 5.74) is 2.60. The molecule has 154 valence electrons. The van der Waals surface area contributed by atoms with Gasteiger partial charge in [0.05, 0.1) is 6.10 Å². The molecule has 2 aromatic carbocycles. The number of hydrogen-bond acceptors (Lipinski definition) is 4. The molecule has 2 aromatic rings. The number of carbonyl (C=O) groups is 1. The zero-order valence-electron chi connectivity index (χ0n) is 17.3. The second kappa shape index (κ2) is 9.74. The van der Waals surface area contributed by atoms with Crippen molar-refractivity contribution in [1.29, 1.82) is 0 Å². The van der Waals surface area contributed by atoms with Crippen LogP contribution in [-0.4, -0.2) is 29.7 Å². The quantitative estimate of drug-likeness (QED) is 0.680. The maximum absolute atomic E-state index is 12.4. The number of ether oxygens (including phenoxy) is 1. The minimum Gasteiger partial charge on any atom is -0.491 e. The normalized spacial score (nSPS) is 16.4. The largest absolute Gasteiger partial charge is 0.491 e. The lowest BCUT2D eigenvalue weighted by molar-refractivity contribution is 0.0977. The van der Waals surface area contributed by atoms with E-state index in [1.165, 1.54) is 24.9 Å². The monoisotopic (exact) mass is 411 g/mol. The Hall–Kier alpha value is -2.60. The Morgan fingerprint density at radius 1 is 1.10 bits per heavy atom. The maximum atomic E-state index is 12.4. The van der Waals surface area contributed by atoms with E-state index < -0.39 is 0 Å². The number of piperidine rings is 1. The fourth-order valence-corrected chi connectivity index (χ4v) is 3.72. The van der Waals surface area contributed by atoms with Crippen LogP contribution in [0.2, 0.25) is 0 Å². The van der Waals surface area contributed by atoms with Crippen LogP contribution in [0.25, 0.3) is 0 Å². The molecule has 0 saturated carbocycles. The zero-order valence-corrected chi connectivity index (χ0v) is 18.1. The first-order chi connectivity index (χ1) is 13.9. The van der Waals surface area contributed by atoms with Crippen molar-refractivity contribution in [2.45, 2.75) is 52.2 Å². The van der Waals surface area contributed by atoms with Gasteiger partial charge in [0, 0.05) is 29.5 Å². The summed E-state index contributed by atoms with van der Waals surface area (Å²) in [7, 11) is 0. The lowest BCUT2D eigenvalue weighted by Crippen LogP contribution is -2.37. The number of thiocarbonyl (C=S) groups is 1. The Bertz CT molecular complexity index is 834. The zero-order chi connectivity index (χ0) is 20.8. The van der Waals surface area contributed by atoms with Crippen molar-refractivity contribution < 1.29 is 9.53 Å². The van der Waals surface area contributed by atoms with Crippen LogP contribution in [0.4, 0.5) is 11.4 Å². The molecule has 0 unspecified atom stereocenters. The molecule has 1 aliphatic heterocycles. The third-order valence-corrected chi connectivity index (χ3v) is 5.18. The van der Waals surface area contributed by atoms with E-state index in [4.69, 9.17) is 17.0 Å². The van der Waals surface area contributed by atoms with Crippen LogP contribution < -0.4 is 20.3 Å². The van der Waals surface area contributed by atoms with E-state index in [-0.39, 0.29) is 17.1 Å². The number of carbonyl (C=O) groups excluding carboxylic acids is 1. The van der Waals surface area contributed by atoms with Gasteiger partial charge < -0.3 is 15.0 Å². The molecular formula is C23H29N3O2S. The number of rotatable bonds is 5. The van der Waals surface area contributed by atoms with Gasteiger partial charge in [-0.1, -0.05) is 0 Å². The van der Waals surface area contributed by atoms with Gasteiger partial charge in [0.25, 0.3) is 5.91 Å². The van der Waals surface area contributed by atoms with Crippen molar-refractivity contribution in [3.8, 4) is 5.75 Å². The third kappa shape index (κ3) is 5.94. The molecular weight excluding hydrogens is 382 g/mol. The average Bonchev–Trinajstić information content (AvgIpc) is 2.69. The van der Waals surface area contributed by atoms with Gasteiger partial charge >= 0.3 is 0 Å². The van der Waals surface area contributed by atoms with Gasteiger partial charge in [-0.05, 0) is 101 Å². The van der Waals surface area contributed by atoms with E-state index in [1.807, 2.05) is 26.0 Å². The van der Waals surface area contributed by atoms with E-state index >= 15 is 0 Å². The Morgan fingerprint density at radius 2 is 1.79 bits per heavy atom. The summed E-state index contributed by atoms with van der Waals surface area (Å²) in [4.78, 5) is 14.8. The SMILES string of the molecule is CC(C)Oc1ccc(C(=O)NC(=S)Nc2ccc(N3CCCC[C@H]3C)cc2)cc1. The molecule has 1 aliphatic rings. The van der Waals surface area contributed by atoms with Crippen LogP contribution in [0.5, 0.6) is 5.75 Å². The number of nitrogens with zero attached hydrogens (tertiary/aromatic N) is 1. The van der Waals surface area contributed by atoms with Gasteiger partial charge in [0.1, 0.15) is 5.75 Å². The summed E-state index contributed by atoms with van der Waals surface area (Å²) in [5.74, 6) is 0.484. The molecule has 1 heterocycles. The van der Waals surface area contributed by atoms with E-state index in [0.29, 0.717) is 11.6 Å². The van der Waals surface area contributed by atoms with E-state index in [1.54, 1.807) is 24.3 Å². The highest BCUT2D eigenvalue weighted by atomic mass is 32.1. The lowest BCUT2D eigenvalue weighted by atomic mass is 10.0.